The number of aryl methyl sites for hydroxylation is 1. The van der Waals surface area contributed by atoms with Crippen LogP contribution < -0.4 is 25.6 Å². The molecule has 2 heterocycles. The molecule has 10 heteroatoms. The maximum Gasteiger partial charge on any atom is 0.247 e. The topological polar surface area (TPSA) is 96.3 Å². The van der Waals surface area contributed by atoms with E-state index in [4.69, 9.17) is 21.3 Å². The Kier molecular flexibility index (Phi) is 7.95. The van der Waals surface area contributed by atoms with Crippen molar-refractivity contribution in [2.75, 3.05) is 49.8 Å². The normalized spacial score (nSPS) is 10.8. The standard InChI is InChI=1S/C27H30ClN7O2/c1-6-25(36)31-20-13-21(24(37-5)14-23(20)34(3)12-11-29-2)32-27-30-15-19(28)26(33-27)18-16-35(4)22-10-8-7-9-17(18)22/h6-10,13-16,29H,1,11-12H2,2-5H3,(H,31,36)(H,30,32,33). The minimum atomic E-state index is -0.319. The monoisotopic (exact) mass is 519 g/mol. The number of anilines is 4. The van der Waals surface area contributed by atoms with Gasteiger partial charge in [-0.3, -0.25) is 4.79 Å². The smallest absolute Gasteiger partial charge is 0.247 e. The van der Waals surface area contributed by atoms with Crippen molar-refractivity contribution in [1.82, 2.24) is 19.9 Å². The zero-order chi connectivity index (χ0) is 26.5. The van der Waals surface area contributed by atoms with Gasteiger partial charge in [-0.25, -0.2) is 9.97 Å². The number of carbonyl (C=O) groups excluding carboxylic acids is 1. The van der Waals surface area contributed by atoms with Gasteiger partial charge in [0, 0.05) is 55.9 Å². The molecule has 37 heavy (non-hydrogen) atoms. The van der Waals surface area contributed by atoms with Gasteiger partial charge >= 0.3 is 0 Å². The highest BCUT2D eigenvalue weighted by Crippen LogP contribution is 2.39. The van der Waals surface area contributed by atoms with Crippen molar-refractivity contribution >= 4 is 51.4 Å². The van der Waals surface area contributed by atoms with Crippen LogP contribution in [-0.2, 0) is 11.8 Å². The van der Waals surface area contributed by atoms with Crippen LogP contribution in [-0.4, -0.2) is 54.7 Å². The van der Waals surface area contributed by atoms with Crippen LogP contribution in [0.15, 0.2) is 61.4 Å². The Hall–Kier alpha value is -4.08. The van der Waals surface area contributed by atoms with Gasteiger partial charge in [0.15, 0.2) is 0 Å². The first-order valence-corrected chi connectivity index (χ1v) is 12.1. The number of carbonyl (C=O) groups is 1. The summed E-state index contributed by atoms with van der Waals surface area (Å²) < 4.78 is 7.71. The van der Waals surface area contributed by atoms with Gasteiger partial charge in [-0.05, 0) is 25.3 Å². The van der Waals surface area contributed by atoms with Crippen LogP contribution in [0.2, 0.25) is 5.02 Å². The molecule has 0 bridgehead atoms. The third kappa shape index (κ3) is 5.52. The molecule has 2 aromatic carbocycles. The maximum absolute atomic E-state index is 12.2. The molecule has 0 saturated carbocycles. The molecule has 0 fully saturated rings. The lowest BCUT2D eigenvalue weighted by Gasteiger charge is -2.24. The predicted molar refractivity (Wildman–Crippen MR) is 151 cm³/mol. The molecular weight excluding hydrogens is 490 g/mol. The zero-order valence-corrected chi connectivity index (χ0v) is 22.1. The Bertz CT molecular complexity index is 1450. The molecule has 9 nitrogen and oxygen atoms in total. The molecule has 4 aromatic rings. The molecule has 0 atom stereocenters. The highest BCUT2D eigenvalue weighted by atomic mass is 35.5. The third-order valence-corrected chi connectivity index (χ3v) is 6.29. The number of hydrogen-bond donors (Lipinski definition) is 3. The number of nitrogens with one attached hydrogen (secondary N) is 3. The van der Waals surface area contributed by atoms with Gasteiger partial charge in [0.05, 0.1) is 41.1 Å². The Morgan fingerprint density at radius 2 is 2.05 bits per heavy atom. The molecule has 0 radical (unpaired) electrons. The zero-order valence-electron chi connectivity index (χ0n) is 21.3. The summed E-state index contributed by atoms with van der Waals surface area (Å²) in [6.07, 6.45) is 4.80. The molecule has 0 saturated heterocycles. The van der Waals surface area contributed by atoms with E-state index in [9.17, 15) is 4.79 Å². The van der Waals surface area contributed by atoms with Crippen molar-refractivity contribution in [1.29, 1.82) is 0 Å². The summed E-state index contributed by atoms with van der Waals surface area (Å²) in [5.74, 6) is 0.580. The van der Waals surface area contributed by atoms with Crippen LogP contribution in [0.3, 0.4) is 0 Å². The number of likely N-dealkylation sites (N-methyl/N-ethyl adjacent to an activating group) is 2. The lowest BCUT2D eigenvalue weighted by atomic mass is 10.1. The Labute approximate surface area is 221 Å². The quantitative estimate of drug-likeness (QED) is 0.258. The van der Waals surface area contributed by atoms with E-state index in [1.165, 1.54) is 6.08 Å². The van der Waals surface area contributed by atoms with Crippen LogP contribution >= 0.6 is 11.6 Å². The predicted octanol–water partition coefficient (Wildman–Crippen LogP) is 4.82. The Balaban J connectivity index is 1.75. The van der Waals surface area contributed by atoms with E-state index in [2.05, 4.69) is 27.5 Å². The first kappa shape index (κ1) is 26.0. The highest BCUT2D eigenvalue weighted by molar-refractivity contribution is 6.33. The molecule has 0 spiro atoms. The fourth-order valence-corrected chi connectivity index (χ4v) is 4.30. The minimum Gasteiger partial charge on any atom is -0.494 e. The van der Waals surface area contributed by atoms with Gasteiger partial charge in [0.1, 0.15) is 5.75 Å². The highest BCUT2D eigenvalue weighted by Gasteiger charge is 2.18. The summed E-state index contributed by atoms with van der Waals surface area (Å²) in [6, 6.07) is 11.7. The molecule has 0 aliphatic heterocycles. The van der Waals surface area contributed by atoms with Crippen LogP contribution in [0.25, 0.3) is 22.2 Å². The van der Waals surface area contributed by atoms with Gasteiger partial charge in [-0.1, -0.05) is 36.4 Å². The largest absolute Gasteiger partial charge is 0.494 e. The van der Waals surface area contributed by atoms with Crippen LogP contribution in [0.5, 0.6) is 5.75 Å². The second kappa shape index (κ2) is 11.3. The van der Waals surface area contributed by atoms with Crippen LogP contribution in [0.1, 0.15) is 0 Å². The van der Waals surface area contributed by atoms with Crippen molar-refractivity contribution in [2.45, 2.75) is 0 Å². The van der Waals surface area contributed by atoms with Crippen molar-refractivity contribution in [2.24, 2.45) is 7.05 Å². The minimum absolute atomic E-state index is 0.319. The van der Waals surface area contributed by atoms with E-state index in [1.807, 2.05) is 67.1 Å². The molecule has 0 aliphatic carbocycles. The molecule has 2 aromatic heterocycles. The number of para-hydroxylation sites is 1. The molecule has 192 valence electrons. The average molecular weight is 520 g/mol. The number of methoxy groups -OCH3 is 1. The molecule has 1 amide bonds. The van der Waals surface area contributed by atoms with Crippen molar-refractivity contribution in [3.63, 3.8) is 0 Å². The van der Waals surface area contributed by atoms with E-state index < -0.39 is 0 Å². The summed E-state index contributed by atoms with van der Waals surface area (Å²) in [4.78, 5) is 23.3. The van der Waals surface area contributed by atoms with Gasteiger partial charge < -0.3 is 30.2 Å². The second-order valence-electron chi connectivity index (χ2n) is 8.47. The first-order valence-electron chi connectivity index (χ1n) is 11.7. The van der Waals surface area contributed by atoms with E-state index >= 15 is 0 Å². The fraction of sp³-hybridized carbons (Fsp3) is 0.222. The maximum atomic E-state index is 12.2. The number of hydrogen-bond acceptors (Lipinski definition) is 7. The third-order valence-electron chi connectivity index (χ3n) is 6.01. The number of halogens is 1. The lowest BCUT2D eigenvalue weighted by Crippen LogP contribution is -2.28. The SMILES string of the molecule is C=CC(=O)Nc1cc(Nc2ncc(Cl)c(-c3cn(C)c4ccccc34)n2)c(OC)cc1N(C)CCNC. The number of ether oxygens (including phenoxy) is 1. The van der Waals surface area contributed by atoms with E-state index in [-0.39, 0.29) is 5.91 Å². The number of nitrogens with zero attached hydrogens (tertiary/aromatic N) is 4. The molecule has 4 rings (SSSR count). The summed E-state index contributed by atoms with van der Waals surface area (Å²) in [7, 11) is 7.41. The second-order valence-corrected chi connectivity index (χ2v) is 8.88. The summed E-state index contributed by atoms with van der Waals surface area (Å²) >= 11 is 6.54. The number of benzene rings is 2. The van der Waals surface area contributed by atoms with Crippen molar-refractivity contribution in [3.05, 3.63) is 66.5 Å². The van der Waals surface area contributed by atoms with E-state index in [1.54, 1.807) is 19.4 Å². The molecule has 3 N–H and O–H groups in total. The Morgan fingerprint density at radius 3 is 2.78 bits per heavy atom. The molecule has 0 unspecified atom stereocenters. The van der Waals surface area contributed by atoms with E-state index in [0.29, 0.717) is 33.8 Å². The molecular formula is C27H30ClN7O2. The van der Waals surface area contributed by atoms with Crippen molar-refractivity contribution < 1.29 is 9.53 Å². The lowest BCUT2D eigenvalue weighted by molar-refractivity contribution is -0.111. The number of amides is 1. The number of rotatable bonds is 10. The Morgan fingerprint density at radius 1 is 1.27 bits per heavy atom. The van der Waals surface area contributed by atoms with Crippen LogP contribution in [0.4, 0.5) is 23.0 Å². The number of aromatic nitrogens is 3. The summed E-state index contributed by atoms with van der Waals surface area (Å²) in [6.45, 7) is 5.05. The first-order chi connectivity index (χ1) is 17.9. The van der Waals surface area contributed by atoms with Crippen molar-refractivity contribution in [3.8, 4) is 17.0 Å². The van der Waals surface area contributed by atoms with E-state index in [0.717, 1.165) is 35.2 Å². The average Bonchev–Trinajstić information content (AvgIpc) is 3.24. The number of fused-ring (bicyclic) bond motifs is 1. The van der Waals surface area contributed by atoms with Gasteiger partial charge in [0.25, 0.3) is 0 Å². The van der Waals surface area contributed by atoms with Gasteiger partial charge in [-0.2, -0.15) is 0 Å². The molecule has 0 aliphatic rings. The summed E-state index contributed by atoms with van der Waals surface area (Å²) in [5.41, 5.74) is 4.55. The van der Waals surface area contributed by atoms with Gasteiger partial charge in [0.2, 0.25) is 11.9 Å². The van der Waals surface area contributed by atoms with Gasteiger partial charge in [-0.15, -0.1) is 0 Å². The fourth-order valence-electron chi connectivity index (χ4n) is 4.10. The van der Waals surface area contributed by atoms with Crippen LogP contribution in [0, 0.1) is 0 Å². The summed E-state index contributed by atoms with van der Waals surface area (Å²) in [5, 5.41) is 10.7.